The summed E-state index contributed by atoms with van der Waals surface area (Å²) in [6.07, 6.45) is 0.110. The summed E-state index contributed by atoms with van der Waals surface area (Å²) < 4.78 is 0. The quantitative estimate of drug-likeness (QED) is 0.703. The van der Waals surface area contributed by atoms with Gasteiger partial charge in [-0.25, -0.2) is 9.59 Å². The van der Waals surface area contributed by atoms with Gasteiger partial charge in [-0.05, 0) is 12.1 Å². The summed E-state index contributed by atoms with van der Waals surface area (Å²) in [6.45, 7) is -0.577. The van der Waals surface area contributed by atoms with Crippen molar-refractivity contribution in [2.75, 3.05) is 18.1 Å². The van der Waals surface area contributed by atoms with Crippen molar-refractivity contribution in [3.8, 4) is 6.07 Å². The highest BCUT2D eigenvalue weighted by Gasteiger charge is 2.23. The second-order valence-corrected chi connectivity index (χ2v) is 3.92. The van der Waals surface area contributed by atoms with Gasteiger partial charge in [0.25, 0.3) is 0 Å². The number of carboxylic acids is 1. The zero-order valence-corrected chi connectivity index (χ0v) is 10.7. The SMILES string of the molecule is N#CCCN(C(=O)N[C@@H](CO)C(=O)O)c1ccccc1. The number of para-hydroxylation sites is 1. The first kappa shape index (κ1) is 15.5. The van der Waals surface area contributed by atoms with Gasteiger partial charge in [0.1, 0.15) is 0 Å². The minimum Gasteiger partial charge on any atom is -0.480 e. The van der Waals surface area contributed by atoms with Crippen molar-refractivity contribution < 1.29 is 19.8 Å². The van der Waals surface area contributed by atoms with Crippen LogP contribution in [0.2, 0.25) is 0 Å². The molecule has 0 aliphatic heterocycles. The van der Waals surface area contributed by atoms with Crippen LogP contribution >= 0.6 is 0 Å². The molecular weight excluding hydrogens is 262 g/mol. The van der Waals surface area contributed by atoms with Crippen molar-refractivity contribution in [1.29, 1.82) is 5.26 Å². The Bertz CT molecular complexity index is 498. The molecule has 2 amide bonds. The number of benzene rings is 1. The van der Waals surface area contributed by atoms with E-state index in [4.69, 9.17) is 15.5 Å². The van der Waals surface area contributed by atoms with Gasteiger partial charge in [0, 0.05) is 12.2 Å². The van der Waals surface area contributed by atoms with E-state index in [1.807, 2.05) is 6.07 Å². The molecule has 3 N–H and O–H groups in total. The van der Waals surface area contributed by atoms with E-state index in [1.165, 1.54) is 4.90 Å². The summed E-state index contributed by atoms with van der Waals surface area (Å²) in [4.78, 5) is 24.1. The molecule has 0 spiro atoms. The van der Waals surface area contributed by atoms with Gasteiger partial charge in [-0.15, -0.1) is 0 Å². The summed E-state index contributed by atoms with van der Waals surface area (Å²) >= 11 is 0. The van der Waals surface area contributed by atoms with Crippen LogP contribution in [0.25, 0.3) is 0 Å². The van der Waals surface area contributed by atoms with Gasteiger partial charge in [-0.3, -0.25) is 4.90 Å². The lowest BCUT2D eigenvalue weighted by molar-refractivity contribution is -0.140. The molecule has 0 unspecified atom stereocenters. The zero-order chi connectivity index (χ0) is 15.0. The zero-order valence-electron chi connectivity index (χ0n) is 10.7. The first-order chi connectivity index (χ1) is 9.60. The summed E-state index contributed by atoms with van der Waals surface area (Å²) in [5.41, 5.74) is 0.544. The van der Waals surface area contributed by atoms with E-state index >= 15 is 0 Å². The van der Waals surface area contributed by atoms with E-state index < -0.39 is 24.6 Å². The van der Waals surface area contributed by atoms with Crippen molar-refractivity contribution in [2.24, 2.45) is 0 Å². The van der Waals surface area contributed by atoms with Crippen LogP contribution in [0.15, 0.2) is 30.3 Å². The van der Waals surface area contributed by atoms with Gasteiger partial charge in [0.2, 0.25) is 0 Å². The minimum absolute atomic E-state index is 0.110. The Morgan fingerprint density at radius 2 is 2.00 bits per heavy atom. The van der Waals surface area contributed by atoms with E-state index in [-0.39, 0.29) is 13.0 Å². The number of nitriles is 1. The monoisotopic (exact) mass is 277 g/mol. The van der Waals surface area contributed by atoms with Crippen molar-refractivity contribution >= 4 is 17.7 Å². The Labute approximate surface area is 116 Å². The van der Waals surface area contributed by atoms with Crippen LogP contribution in [0.5, 0.6) is 0 Å². The molecule has 0 saturated carbocycles. The predicted octanol–water partition coefficient (Wildman–Crippen LogP) is 0.562. The van der Waals surface area contributed by atoms with Gasteiger partial charge in [-0.2, -0.15) is 5.26 Å². The number of carboxylic acid groups (broad SMARTS) is 1. The summed E-state index contributed by atoms with van der Waals surface area (Å²) in [6, 6.07) is 8.44. The standard InChI is InChI=1S/C13H15N3O4/c14-7-4-8-16(10-5-2-1-3-6-10)13(20)15-11(9-17)12(18)19/h1-3,5-6,11,17H,4,8-9H2,(H,15,20)(H,18,19)/t11-/m0/s1. The molecule has 0 fully saturated rings. The number of amides is 2. The first-order valence-corrected chi connectivity index (χ1v) is 5.93. The third-order valence-electron chi connectivity index (χ3n) is 2.54. The topological polar surface area (TPSA) is 114 Å². The van der Waals surface area contributed by atoms with Crippen LogP contribution < -0.4 is 10.2 Å². The summed E-state index contributed by atoms with van der Waals surface area (Å²) in [5.74, 6) is -1.32. The summed E-state index contributed by atoms with van der Waals surface area (Å²) in [5, 5.41) is 28.5. The molecule has 1 aromatic carbocycles. The fourth-order valence-electron chi connectivity index (χ4n) is 1.53. The maximum absolute atomic E-state index is 12.1. The van der Waals surface area contributed by atoms with Crippen LogP contribution in [0.3, 0.4) is 0 Å². The lowest BCUT2D eigenvalue weighted by atomic mass is 10.2. The maximum atomic E-state index is 12.1. The Morgan fingerprint density at radius 3 is 2.50 bits per heavy atom. The molecule has 0 radical (unpaired) electrons. The number of hydrogen-bond acceptors (Lipinski definition) is 4. The molecule has 7 heteroatoms. The van der Waals surface area contributed by atoms with E-state index in [9.17, 15) is 9.59 Å². The van der Waals surface area contributed by atoms with Gasteiger partial charge in [0.15, 0.2) is 6.04 Å². The maximum Gasteiger partial charge on any atom is 0.328 e. The van der Waals surface area contributed by atoms with E-state index in [0.29, 0.717) is 5.69 Å². The Balaban J connectivity index is 2.86. The molecule has 0 aromatic heterocycles. The molecule has 1 atom stereocenters. The molecular formula is C13H15N3O4. The molecule has 106 valence electrons. The van der Waals surface area contributed by atoms with E-state index in [2.05, 4.69) is 5.32 Å². The van der Waals surface area contributed by atoms with Crippen LogP contribution in [-0.2, 0) is 4.79 Å². The van der Waals surface area contributed by atoms with Crippen molar-refractivity contribution in [3.05, 3.63) is 30.3 Å². The average molecular weight is 277 g/mol. The molecule has 0 aliphatic rings. The first-order valence-electron chi connectivity index (χ1n) is 5.93. The highest BCUT2D eigenvalue weighted by molar-refractivity contribution is 5.94. The molecule has 20 heavy (non-hydrogen) atoms. The largest absolute Gasteiger partial charge is 0.480 e. The third-order valence-corrected chi connectivity index (χ3v) is 2.54. The fourth-order valence-corrected chi connectivity index (χ4v) is 1.53. The Morgan fingerprint density at radius 1 is 1.35 bits per heavy atom. The second kappa shape index (κ2) is 7.76. The number of nitrogens with zero attached hydrogens (tertiary/aromatic N) is 2. The minimum atomic E-state index is -1.38. The number of aliphatic carboxylic acids is 1. The molecule has 0 saturated heterocycles. The number of rotatable bonds is 6. The van der Waals surface area contributed by atoms with Crippen molar-refractivity contribution in [1.82, 2.24) is 5.32 Å². The van der Waals surface area contributed by atoms with Gasteiger partial charge in [-0.1, -0.05) is 18.2 Å². The van der Waals surface area contributed by atoms with Gasteiger partial charge in [0.05, 0.1) is 19.1 Å². The molecule has 0 bridgehead atoms. The normalized spacial score (nSPS) is 11.2. The average Bonchev–Trinajstić information content (AvgIpc) is 2.46. The highest BCUT2D eigenvalue weighted by Crippen LogP contribution is 2.13. The number of carbonyl (C=O) groups excluding carboxylic acids is 1. The number of aliphatic hydroxyl groups excluding tert-OH is 1. The lowest BCUT2D eigenvalue weighted by Gasteiger charge is -2.23. The van der Waals surface area contributed by atoms with Crippen molar-refractivity contribution in [3.63, 3.8) is 0 Å². The Hall–Kier alpha value is -2.59. The van der Waals surface area contributed by atoms with Crippen LogP contribution in [-0.4, -0.2) is 41.4 Å². The van der Waals surface area contributed by atoms with Crippen molar-refractivity contribution in [2.45, 2.75) is 12.5 Å². The Kier molecular flexibility index (Phi) is 6.00. The smallest absolute Gasteiger partial charge is 0.328 e. The lowest BCUT2D eigenvalue weighted by Crippen LogP contribution is -2.50. The van der Waals surface area contributed by atoms with E-state index in [0.717, 1.165) is 0 Å². The number of aliphatic hydroxyl groups is 1. The number of urea groups is 1. The number of anilines is 1. The highest BCUT2D eigenvalue weighted by atomic mass is 16.4. The van der Waals surface area contributed by atoms with Crippen LogP contribution in [0, 0.1) is 11.3 Å². The van der Waals surface area contributed by atoms with E-state index in [1.54, 1.807) is 30.3 Å². The summed E-state index contributed by atoms with van der Waals surface area (Å²) in [7, 11) is 0. The predicted molar refractivity (Wildman–Crippen MR) is 71.1 cm³/mol. The number of carbonyl (C=O) groups is 2. The van der Waals surface area contributed by atoms with Crippen LogP contribution in [0.1, 0.15) is 6.42 Å². The molecule has 0 heterocycles. The molecule has 1 aromatic rings. The van der Waals surface area contributed by atoms with Gasteiger partial charge < -0.3 is 15.5 Å². The molecule has 7 nitrogen and oxygen atoms in total. The number of nitrogens with one attached hydrogen (secondary N) is 1. The van der Waals surface area contributed by atoms with Crippen LogP contribution in [0.4, 0.5) is 10.5 Å². The number of hydrogen-bond donors (Lipinski definition) is 3. The fraction of sp³-hybridized carbons (Fsp3) is 0.308. The molecule has 1 rings (SSSR count). The second-order valence-electron chi connectivity index (χ2n) is 3.92. The third kappa shape index (κ3) is 4.26. The van der Waals surface area contributed by atoms with Gasteiger partial charge >= 0.3 is 12.0 Å². The molecule has 0 aliphatic carbocycles.